The van der Waals surface area contributed by atoms with Crippen molar-refractivity contribution in [2.24, 2.45) is 5.73 Å². The van der Waals surface area contributed by atoms with Crippen LogP contribution < -0.4 is 5.73 Å². The predicted octanol–water partition coefficient (Wildman–Crippen LogP) is 2.06. The lowest BCUT2D eigenvalue weighted by Crippen LogP contribution is -2.11. The van der Waals surface area contributed by atoms with Crippen LogP contribution in [0, 0.1) is 5.82 Å². The van der Waals surface area contributed by atoms with Gasteiger partial charge in [-0.15, -0.1) is 0 Å². The summed E-state index contributed by atoms with van der Waals surface area (Å²) < 4.78 is 18.2. The van der Waals surface area contributed by atoms with Crippen molar-refractivity contribution in [2.75, 3.05) is 7.11 Å². The third-order valence-electron chi connectivity index (χ3n) is 2.75. The van der Waals surface area contributed by atoms with Crippen molar-refractivity contribution in [3.63, 3.8) is 0 Å². The van der Waals surface area contributed by atoms with Crippen LogP contribution in [0.2, 0.25) is 0 Å². The van der Waals surface area contributed by atoms with E-state index in [4.69, 9.17) is 10.5 Å². The van der Waals surface area contributed by atoms with Gasteiger partial charge >= 0.3 is 0 Å². The molecular weight excluding hydrogens is 247 g/mol. The van der Waals surface area contributed by atoms with E-state index in [0.717, 1.165) is 11.8 Å². The van der Waals surface area contributed by atoms with Gasteiger partial charge in [-0.1, -0.05) is 12.1 Å². The minimum absolute atomic E-state index is 0.400. The molecule has 0 fully saturated rings. The lowest BCUT2D eigenvalue weighted by Gasteiger charge is -2.15. The largest absolute Gasteiger partial charge is 0.370 e. The monoisotopic (exact) mass is 260 g/mol. The Bertz CT molecular complexity index is 567. The molecule has 0 aliphatic carbocycles. The first kappa shape index (κ1) is 13.2. The molecule has 0 bridgehead atoms. The van der Waals surface area contributed by atoms with E-state index in [1.54, 1.807) is 30.3 Å². The predicted molar refractivity (Wildman–Crippen MR) is 68.0 cm³/mol. The van der Waals surface area contributed by atoms with Crippen LogP contribution in [0.15, 0.2) is 42.6 Å². The maximum absolute atomic E-state index is 12.8. The molecule has 0 aliphatic heterocycles. The Kier molecular flexibility index (Phi) is 3.87. The number of pyridine rings is 1. The van der Waals surface area contributed by atoms with Gasteiger partial charge in [-0.05, 0) is 29.8 Å². The molecule has 0 radical (unpaired) electrons. The van der Waals surface area contributed by atoms with Gasteiger partial charge in [0.15, 0.2) is 0 Å². The molecule has 19 heavy (non-hydrogen) atoms. The topological polar surface area (TPSA) is 65.2 Å². The maximum Gasteiger partial charge on any atom is 0.248 e. The van der Waals surface area contributed by atoms with E-state index in [0.29, 0.717) is 11.3 Å². The average Bonchev–Trinajstić information content (AvgIpc) is 2.42. The van der Waals surface area contributed by atoms with Gasteiger partial charge in [0, 0.05) is 12.7 Å². The minimum atomic E-state index is -0.486. The second-order valence-corrected chi connectivity index (χ2v) is 4.00. The fourth-order valence-corrected chi connectivity index (χ4v) is 1.79. The molecule has 2 N–H and O–H groups in total. The second-order valence-electron chi connectivity index (χ2n) is 4.00. The molecule has 1 unspecified atom stereocenters. The van der Waals surface area contributed by atoms with Crippen LogP contribution in [-0.4, -0.2) is 18.0 Å². The Morgan fingerprint density at radius 3 is 2.42 bits per heavy atom. The fourth-order valence-electron chi connectivity index (χ4n) is 1.79. The molecule has 1 atom stereocenters. The van der Waals surface area contributed by atoms with Crippen molar-refractivity contribution >= 4 is 5.91 Å². The van der Waals surface area contributed by atoms with E-state index in [2.05, 4.69) is 4.98 Å². The normalized spacial score (nSPS) is 12.1. The van der Waals surface area contributed by atoms with Gasteiger partial charge < -0.3 is 10.5 Å². The Morgan fingerprint density at radius 1 is 1.26 bits per heavy atom. The van der Waals surface area contributed by atoms with E-state index >= 15 is 0 Å². The van der Waals surface area contributed by atoms with Crippen LogP contribution in [-0.2, 0) is 4.74 Å². The van der Waals surface area contributed by atoms with Gasteiger partial charge in [0.2, 0.25) is 5.91 Å². The first-order chi connectivity index (χ1) is 9.11. The van der Waals surface area contributed by atoms with Gasteiger partial charge in [0.1, 0.15) is 11.9 Å². The summed E-state index contributed by atoms with van der Waals surface area (Å²) in [5.41, 5.74) is 7.00. The van der Waals surface area contributed by atoms with Crippen LogP contribution in [0.4, 0.5) is 4.39 Å². The zero-order valence-corrected chi connectivity index (χ0v) is 10.3. The average molecular weight is 260 g/mol. The van der Waals surface area contributed by atoms with E-state index in [1.807, 2.05) is 0 Å². The number of nitrogens with two attached hydrogens (primary N) is 1. The van der Waals surface area contributed by atoms with Crippen LogP contribution in [0.25, 0.3) is 0 Å². The number of carbonyl (C=O) groups excluding carboxylic acids is 1. The molecule has 2 aromatic rings. The summed E-state index contributed by atoms with van der Waals surface area (Å²) in [6.07, 6.45) is 0.724. The number of primary amides is 1. The number of rotatable bonds is 4. The summed E-state index contributed by atoms with van der Waals surface area (Å²) >= 11 is 0. The zero-order chi connectivity index (χ0) is 13.8. The third kappa shape index (κ3) is 2.95. The highest BCUT2D eigenvalue weighted by atomic mass is 19.1. The van der Waals surface area contributed by atoms with Gasteiger partial charge in [0.25, 0.3) is 0 Å². The summed E-state index contributed by atoms with van der Waals surface area (Å²) in [6.45, 7) is 0. The number of hydrogen-bond donors (Lipinski definition) is 1. The quantitative estimate of drug-likeness (QED) is 0.915. The van der Waals surface area contributed by atoms with Crippen molar-refractivity contribution in [3.8, 4) is 0 Å². The molecule has 1 amide bonds. The number of amides is 1. The maximum atomic E-state index is 12.8. The molecule has 4 nitrogen and oxygen atoms in total. The second kappa shape index (κ2) is 5.58. The van der Waals surface area contributed by atoms with Gasteiger partial charge in [-0.3, -0.25) is 9.78 Å². The lowest BCUT2D eigenvalue weighted by molar-refractivity contribution is 0.1000. The summed E-state index contributed by atoms with van der Waals surface area (Å²) in [6, 6.07) is 9.59. The molecule has 0 spiro atoms. The number of methoxy groups -OCH3 is 1. The van der Waals surface area contributed by atoms with Gasteiger partial charge in [0.05, 0.1) is 11.9 Å². The van der Waals surface area contributed by atoms with E-state index < -0.39 is 17.8 Å². The molecule has 0 saturated heterocycles. The van der Waals surface area contributed by atoms with E-state index in [9.17, 15) is 9.18 Å². The van der Waals surface area contributed by atoms with Crippen LogP contribution >= 0.6 is 0 Å². The number of carbonyl (C=O) groups is 1. The molecule has 98 valence electrons. The first-order valence-corrected chi connectivity index (χ1v) is 5.66. The Hall–Kier alpha value is -2.27. The number of halogens is 1. The summed E-state index contributed by atoms with van der Waals surface area (Å²) in [7, 11) is 1.54. The van der Waals surface area contributed by atoms with Crippen molar-refractivity contribution in [1.82, 2.24) is 4.98 Å². The highest BCUT2D eigenvalue weighted by molar-refractivity contribution is 5.92. The Labute approximate surface area is 110 Å². The number of hydrogen-bond acceptors (Lipinski definition) is 3. The minimum Gasteiger partial charge on any atom is -0.370 e. The third-order valence-corrected chi connectivity index (χ3v) is 2.75. The van der Waals surface area contributed by atoms with Crippen molar-refractivity contribution in [1.29, 1.82) is 0 Å². The molecule has 1 aromatic carbocycles. The number of benzene rings is 1. The Morgan fingerprint density at radius 2 is 1.95 bits per heavy atom. The van der Waals surface area contributed by atoms with Crippen molar-refractivity contribution < 1.29 is 13.9 Å². The standard InChI is InChI=1S/C14H13FN2O2/c1-19-13(12-7-6-11(15)8-17-12)9-2-4-10(5-3-9)14(16)18/h2-8,13H,1H3,(H2,16,18). The zero-order valence-electron chi connectivity index (χ0n) is 10.3. The van der Waals surface area contributed by atoms with Gasteiger partial charge in [-0.2, -0.15) is 0 Å². The number of nitrogens with zero attached hydrogens (tertiary/aromatic N) is 1. The summed E-state index contributed by atoms with van der Waals surface area (Å²) in [4.78, 5) is 15.0. The molecule has 2 rings (SSSR count). The fraction of sp³-hybridized carbons (Fsp3) is 0.143. The summed E-state index contributed by atoms with van der Waals surface area (Å²) in [5.74, 6) is -0.886. The molecular formula is C14H13FN2O2. The van der Waals surface area contributed by atoms with Crippen LogP contribution in [0.5, 0.6) is 0 Å². The van der Waals surface area contributed by atoms with E-state index in [-0.39, 0.29) is 0 Å². The molecule has 1 heterocycles. The Balaban J connectivity index is 2.31. The first-order valence-electron chi connectivity index (χ1n) is 5.66. The highest BCUT2D eigenvalue weighted by Gasteiger charge is 2.15. The summed E-state index contributed by atoms with van der Waals surface area (Å²) in [5, 5.41) is 0. The van der Waals surface area contributed by atoms with Gasteiger partial charge in [-0.25, -0.2) is 4.39 Å². The smallest absolute Gasteiger partial charge is 0.248 e. The molecule has 0 saturated carbocycles. The van der Waals surface area contributed by atoms with E-state index in [1.165, 1.54) is 13.2 Å². The lowest BCUT2D eigenvalue weighted by atomic mass is 10.0. The number of aromatic nitrogens is 1. The van der Waals surface area contributed by atoms with Crippen LogP contribution in [0.3, 0.4) is 0 Å². The van der Waals surface area contributed by atoms with Crippen molar-refractivity contribution in [3.05, 3.63) is 65.2 Å². The highest BCUT2D eigenvalue weighted by Crippen LogP contribution is 2.24. The molecule has 5 heteroatoms. The molecule has 0 aliphatic rings. The number of ether oxygens (including phenoxy) is 1. The molecule has 1 aromatic heterocycles. The van der Waals surface area contributed by atoms with Crippen LogP contribution in [0.1, 0.15) is 27.7 Å². The van der Waals surface area contributed by atoms with Crippen molar-refractivity contribution in [2.45, 2.75) is 6.10 Å². The SMILES string of the molecule is COC(c1ccc(C(N)=O)cc1)c1ccc(F)cn1.